The number of methoxy groups -OCH3 is 1. The molecule has 1 amide bonds. The van der Waals surface area contributed by atoms with Crippen LogP contribution in [0.5, 0.6) is 5.75 Å². The van der Waals surface area contributed by atoms with Gasteiger partial charge >= 0.3 is 0 Å². The number of nitrogens with one attached hydrogen (secondary N) is 1. The zero-order chi connectivity index (χ0) is 27.8. The Labute approximate surface area is 213 Å². The molecule has 1 N–H and O–H groups in total. The Morgan fingerprint density at radius 1 is 1.14 bits per heavy atom. The molecule has 37 heavy (non-hydrogen) atoms. The van der Waals surface area contributed by atoms with Crippen molar-refractivity contribution >= 4 is 11.7 Å². The number of amides is 1. The summed E-state index contributed by atoms with van der Waals surface area (Å²) < 4.78 is 60.3. The standard InChI is InChI=1S/C18H18F4N2O3.C9H12O/c1-3-10(15(25)14-9(2)11(19)6-7-12(14)20)17(26)23-13-5-4-8-18(21,22)16(13)24-27;1-3-8-4-6-9(10-2)7-5-8/h3,6-7,13,16H,4-5,8H2,1-2H3,(H,23,26);4-7H,3H2,1-2H3/b10-3+;/t13?,16-;/m0./s1. The zero-order valence-electron chi connectivity index (χ0n) is 21.1. The van der Waals surface area contributed by atoms with Crippen LogP contribution in [0.15, 0.2) is 53.2 Å². The lowest BCUT2D eigenvalue weighted by atomic mass is 9.87. The van der Waals surface area contributed by atoms with Gasteiger partial charge in [0.2, 0.25) is 5.78 Å². The van der Waals surface area contributed by atoms with E-state index in [-0.39, 0.29) is 18.4 Å². The maximum Gasteiger partial charge on any atom is 0.275 e. The van der Waals surface area contributed by atoms with Gasteiger partial charge in [0.05, 0.1) is 24.3 Å². The summed E-state index contributed by atoms with van der Waals surface area (Å²) in [7, 11) is 1.68. The largest absolute Gasteiger partial charge is 0.497 e. The molecule has 2 aromatic rings. The Hall–Kier alpha value is -3.56. The number of rotatable bonds is 7. The van der Waals surface area contributed by atoms with E-state index in [1.165, 1.54) is 19.4 Å². The van der Waals surface area contributed by atoms with Crippen LogP contribution in [0.2, 0.25) is 0 Å². The van der Waals surface area contributed by atoms with Gasteiger partial charge in [0, 0.05) is 6.42 Å². The van der Waals surface area contributed by atoms with Crippen molar-refractivity contribution in [3.8, 4) is 5.75 Å². The molecule has 1 unspecified atom stereocenters. The van der Waals surface area contributed by atoms with Crippen LogP contribution in [0.1, 0.15) is 54.6 Å². The second-order valence-electron chi connectivity index (χ2n) is 8.55. The summed E-state index contributed by atoms with van der Waals surface area (Å²) in [6.45, 7) is 4.65. The Bertz CT molecular complexity index is 1130. The van der Waals surface area contributed by atoms with Crippen molar-refractivity contribution in [2.45, 2.75) is 64.5 Å². The van der Waals surface area contributed by atoms with E-state index in [0.717, 1.165) is 30.4 Å². The van der Waals surface area contributed by atoms with Gasteiger partial charge in [-0.05, 0) is 68.5 Å². The number of alkyl halides is 2. The minimum absolute atomic E-state index is 0.0563. The van der Waals surface area contributed by atoms with Gasteiger partial charge in [-0.2, -0.15) is 4.91 Å². The van der Waals surface area contributed by atoms with Gasteiger partial charge in [-0.3, -0.25) is 9.59 Å². The second-order valence-corrected chi connectivity index (χ2v) is 8.55. The molecule has 2 aromatic carbocycles. The quantitative estimate of drug-likeness (QED) is 0.119. The molecule has 0 heterocycles. The van der Waals surface area contributed by atoms with Crippen LogP contribution in [0.25, 0.3) is 0 Å². The molecule has 1 fully saturated rings. The summed E-state index contributed by atoms with van der Waals surface area (Å²) in [6, 6.07) is 6.52. The molecule has 0 aromatic heterocycles. The molecular formula is C27H30F4N2O4. The van der Waals surface area contributed by atoms with Crippen LogP contribution in [-0.4, -0.2) is 36.8 Å². The summed E-state index contributed by atoms with van der Waals surface area (Å²) >= 11 is 0. The van der Waals surface area contributed by atoms with Crippen LogP contribution < -0.4 is 10.1 Å². The number of ketones is 1. The maximum atomic E-state index is 14.0. The number of carbonyl (C=O) groups excluding carboxylic acids is 2. The topological polar surface area (TPSA) is 84.8 Å². The van der Waals surface area contributed by atoms with Gasteiger partial charge in [-0.15, -0.1) is 0 Å². The van der Waals surface area contributed by atoms with Gasteiger partial charge in [-0.25, -0.2) is 17.6 Å². The fourth-order valence-electron chi connectivity index (χ4n) is 4.00. The normalized spacial score (nSPS) is 18.8. The average Bonchev–Trinajstić information content (AvgIpc) is 2.87. The summed E-state index contributed by atoms with van der Waals surface area (Å²) in [6.07, 6.45) is 1.77. The lowest BCUT2D eigenvalue weighted by Crippen LogP contribution is -2.53. The van der Waals surface area contributed by atoms with Crippen molar-refractivity contribution in [3.05, 3.63) is 81.3 Å². The molecule has 1 aliphatic rings. The number of aryl methyl sites for hydroxylation is 1. The number of carbonyl (C=O) groups is 2. The van der Waals surface area contributed by atoms with Gasteiger partial charge in [0.15, 0.2) is 6.04 Å². The number of nitroso groups, excluding NO2 is 1. The number of benzene rings is 2. The van der Waals surface area contributed by atoms with E-state index in [0.29, 0.717) is 0 Å². The van der Waals surface area contributed by atoms with Crippen molar-refractivity contribution in [1.82, 2.24) is 5.32 Å². The number of nitrogens with zero attached hydrogens (tertiary/aromatic N) is 1. The maximum absolute atomic E-state index is 14.0. The SMILES string of the molecule is C/C=C(/C(=O)NC1CCCC(F)(F)[C@H]1N=O)C(=O)c1c(F)ccc(F)c1C.CCc1ccc(OC)cc1. The van der Waals surface area contributed by atoms with Crippen LogP contribution in [0, 0.1) is 23.5 Å². The molecule has 0 radical (unpaired) electrons. The number of hydrogen-bond donors (Lipinski definition) is 1. The molecule has 0 saturated heterocycles. The lowest BCUT2D eigenvalue weighted by Gasteiger charge is -2.33. The number of Topliss-reactive ketones (excluding diaryl/α,β-unsaturated/α-hetero) is 1. The van der Waals surface area contributed by atoms with Gasteiger partial charge in [0.1, 0.15) is 17.4 Å². The first kappa shape index (κ1) is 29.7. The highest BCUT2D eigenvalue weighted by atomic mass is 19.3. The first-order valence-corrected chi connectivity index (χ1v) is 11.8. The van der Waals surface area contributed by atoms with E-state index in [4.69, 9.17) is 4.74 Å². The van der Waals surface area contributed by atoms with Crippen molar-refractivity contribution < 1.29 is 31.9 Å². The number of halogens is 4. The highest BCUT2D eigenvalue weighted by Crippen LogP contribution is 2.36. The molecule has 1 saturated carbocycles. The molecule has 2 atom stereocenters. The minimum atomic E-state index is -3.37. The van der Waals surface area contributed by atoms with Crippen molar-refractivity contribution in [1.29, 1.82) is 0 Å². The Morgan fingerprint density at radius 2 is 1.76 bits per heavy atom. The molecule has 200 valence electrons. The van der Waals surface area contributed by atoms with E-state index >= 15 is 0 Å². The summed E-state index contributed by atoms with van der Waals surface area (Å²) in [4.78, 5) is 35.8. The van der Waals surface area contributed by atoms with Crippen LogP contribution >= 0.6 is 0 Å². The second kappa shape index (κ2) is 13.1. The first-order valence-electron chi connectivity index (χ1n) is 11.8. The first-order chi connectivity index (χ1) is 17.5. The third-order valence-corrected chi connectivity index (χ3v) is 6.19. The zero-order valence-corrected chi connectivity index (χ0v) is 21.1. The summed E-state index contributed by atoms with van der Waals surface area (Å²) in [5.74, 6) is -6.42. The molecule has 10 heteroatoms. The number of allylic oxidation sites excluding steroid dienone is 1. The molecule has 0 spiro atoms. The Kier molecular flexibility index (Phi) is 10.5. The smallest absolute Gasteiger partial charge is 0.275 e. The molecule has 0 aliphatic heterocycles. The Balaban J connectivity index is 0.000000402. The predicted molar refractivity (Wildman–Crippen MR) is 132 cm³/mol. The van der Waals surface area contributed by atoms with Gasteiger partial charge in [-0.1, -0.05) is 30.3 Å². The van der Waals surface area contributed by atoms with E-state index < -0.39 is 58.9 Å². The number of ether oxygens (including phenoxy) is 1. The third kappa shape index (κ3) is 7.24. The van der Waals surface area contributed by atoms with Crippen LogP contribution in [-0.2, 0) is 11.2 Å². The fourth-order valence-corrected chi connectivity index (χ4v) is 4.00. The fraction of sp³-hybridized carbons (Fsp3) is 0.407. The molecular weight excluding hydrogens is 492 g/mol. The monoisotopic (exact) mass is 522 g/mol. The lowest BCUT2D eigenvalue weighted by molar-refractivity contribution is -0.120. The highest BCUT2D eigenvalue weighted by molar-refractivity contribution is 6.26. The number of hydrogen-bond acceptors (Lipinski definition) is 5. The van der Waals surface area contributed by atoms with E-state index in [1.54, 1.807) is 7.11 Å². The molecule has 1 aliphatic carbocycles. The van der Waals surface area contributed by atoms with E-state index in [9.17, 15) is 32.1 Å². The van der Waals surface area contributed by atoms with Crippen LogP contribution in [0.4, 0.5) is 17.6 Å². The molecule has 6 nitrogen and oxygen atoms in total. The van der Waals surface area contributed by atoms with Gasteiger partial charge in [0.25, 0.3) is 11.8 Å². The Morgan fingerprint density at radius 3 is 2.30 bits per heavy atom. The third-order valence-electron chi connectivity index (χ3n) is 6.19. The van der Waals surface area contributed by atoms with Crippen molar-refractivity contribution in [3.63, 3.8) is 0 Å². The van der Waals surface area contributed by atoms with Crippen LogP contribution in [0.3, 0.4) is 0 Å². The highest BCUT2D eigenvalue weighted by Gasteiger charge is 2.49. The van der Waals surface area contributed by atoms with E-state index in [2.05, 4.69) is 29.6 Å². The van der Waals surface area contributed by atoms with E-state index in [1.807, 2.05) is 12.1 Å². The molecule has 3 rings (SSSR count). The average molecular weight is 523 g/mol. The van der Waals surface area contributed by atoms with Crippen molar-refractivity contribution in [2.75, 3.05) is 7.11 Å². The summed E-state index contributed by atoms with van der Waals surface area (Å²) in [5, 5.41) is 4.65. The minimum Gasteiger partial charge on any atom is -0.497 e. The summed E-state index contributed by atoms with van der Waals surface area (Å²) in [5.41, 5.74) is -0.0805. The molecule has 0 bridgehead atoms. The van der Waals surface area contributed by atoms with Crippen molar-refractivity contribution in [2.24, 2.45) is 5.18 Å². The predicted octanol–water partition coefficient (Wildman–Crippen LogP) is 6.10. The van der Waals surface area contributed by atoms with Gasteiger partial charge < -0.3 is 10.1 Å².